The van der Waals surface area contributed by atoms with Crippen LogP contribution in [0.4, 0.5) is 11.4 Å². The minimum absolute atomic E-state index is 0.561. The molecule has 0 radical (unpaired) electrons. The Kier molecular flexibility index (Phi) is 2.71. The predicted octanol–water partition coefficient (Wildman–Crippen LogP) is 2.34. The summed E-state index contributed by atoms with van der Waals surface area (Å²) in [7, 11) is 3.85. The van der Waals surface area contributed by atoms with Crippen LogP contribution in [-0.2, 0) is 0 Å². The predicted molar refractivity (Wildman–Crippen MR) is 64.0 cm³/mol. The average molecular weight is 206 g/mol. The zero-order valence-corrected chi connectivity index (χ0v) is 9.58. The van der Waals surface area contributed by atoms with Gasteiger partial charge in [0.2, 0.25) is 0 Å². The molecule has 0 aromatic heterocycles. The minimum atomic E-state index is 0.561. The van der Waals surface area contributed by atoms with Gasteiger partial charge in [-0.1, -0.05) is 6.07 Å². The van der Waals surface area contributed by atoms with Crippen LogP contribution in [0.3, 0.4) is 0 Å². The first-order chi connectivity index (χ1) is 7.24. The van der Waals surface area contributed by atoms with Crippen LogP contribution in [0.2, 0.25) is 0 Å². The van der Waals surface area contributed by atoms with Crippen LogP contribution in [0.1, 0.15) is 13.3 Å². The van der Waals surface area contributed by atoms with Gasteiger partial charge in [0.05, 0.1) is 12.8 Å². The number of anilines is 2. The van der Waals surface area contributed by atoms with E-state index in [1.807, 2.05) is 12.1 Å². The first-order valence-corrected chi connectivity index (χ1v) is 5.37. The summed E-state index contributed by atoms with van der Waals surface area (Å²) < 4.78 is 5.36. The van der Waals surface area contributed by atoms with Gasteiger partial charge in [-0.25, -0.2) is 0 Å². The molecule has 82 valence electrons. The van der Waals surface area contributed by atoms with E-state index < -0.39 is 0 Å². The molecule has 3 nitrogen and oxygen atoms in total. The Balaban J connectivity index is 2.47. The van der Waals surface area contributed by atoms with E-state index in [9.17, 15) is 0 Å². The maximum atomic E-state index is 5.36. The molecule has 1 atom stereocenters. The van der Waals surface area contributed by atoms with E-state index >= 15 is 0 Å². The molecular formula is C12H18N2O. The molecule has 1 heterocycles. The molecule has 2 rings (SSSR count). The van der Waals surface area contributed by atoms with Gasteiger partial charge in [0.25, 0.3) is 0 Å². The van der Waals surface area contributed by atoms with Gasteiger partial charge in [-0.15, -0.1) is 0 Å². The van der Waals surface area contributed by atoms with Gasteiger partial charge in [0.1, 0.15) is 11.4 Å². The van der Waals surface area contributed by atoms with Crippen molar-refractivity contribution >= 4 is 11.4 Å². The third-order valence-corrected chi connectivity index (χ3v) is 3.13. The zero-order chi connectivity index (χ0) is 10.8. The van der Waals surface area contributed by atoms with Crippen molar-refractivity contribution in [2.45, 2.75) is 19.4 Å². The molecule has 1 unspecified atom stereocenters. The number of fused-ring (bicyclic) bond motifs is 1. The lowest BCUT2D eigenvalue weighted by atomic mass is 10.2. The van der Waals surface area contributed by atoms with Gasteiger partial charge in [-0.2, -0.15) is 0 Å². The van der Waals surface area contributed by atoms with Gasteiger partial charge in [0.15, 0.2) is 0 Å². The van der Waals surface area contributed by atoms with Crippen molar-refractivity contribution in [1.29, 1.82) is 0 Å². The molecule has 1 aromatic rings. The van der Waals surface area contributed by atoms with Gasteiger partial charge in [0, 0.05) is 19.6 Å². The molecule has 0 saturated carbocycles. The van der Waals surface area contributed by atoms with E-state index in [-0.39, 0.29) is 0 Å². The number of nitrogens with one attached hydrogen (secondary N) is 1. The second-order valence-electron chi connectivity index (χ2n) is 4.03. The smallest absolute Gasteiger partial charge is 0.144 e. The number of nitrogens with zero attached hydrogens (tertiary/aromatic N) is 1. The van der Waals surface area contributed by atoms with Crippen LogP contribution >= 0.6 is 0 Å². The summed E-state index contributed by atoms with van der Waals surface area (Å²) in [5.74, 6) is 0.924. The third kappa shape index (κ3) is 1.74. The molecule has 0 bridgehead atoms. The molecule has 15 heavy (non-hydrogen) atoms. The molecule has 1 aliphatic rings. The standard InChI is InChI=1S/C12H18N2O/c1-9-7-8-13-12-10(14(9)2)5-4-6-11(12)15-3/h4-6,9,13H,7-8H2,1-3H3. The van der Waals surface area contributed by atoms with Gasteiger partial charge in [-0.3, -0.25) is 0 Å². The summed E-state index contributed by atoms with van der Waals surface area (Å²) in [5, 5.41) is 3.44. The summed E-state index contributed by atoms with van der Waals surface area (Å²) in [4.78, 5) is 2.30. The highest BCUT2D eigenvalue weighted by atomic mass is 16.5. The fraction of sp³-hybridized carbons (Fsp3) is 0.500. The van der Waals surface area contributed by atoms with Crippen molar-refractivity contribution < 1.29 is 4.74 Å². The van der Waals surface area contributed by atoms with E-state index in [0.717, 1.165) is 24.4 Å². The SMILES string of the molecule is COc1cccc2c1NCCC(C)N2C. The summed E-state index contributed by atoms with van der Waals surface area (Å²) in [6.45, 7) is 3.25. The zero-order valence-electron chi connectivity index (χ0n) is 9.58. The van der Waals surface area contributed by atoms with Crippen molar-refractivity contribution in [3.8, 4) is 5.75 Å². The first-order valence-electron chi connectivity index (χ1n) is 5.37. The van der Waals surface area contributed by atoms with Gasteiger partial charge in [-0.05, 0) is 25.5 Å². The third-order valence-electron chi connectivity index (χ3n) is 3.13. The van der Waals surface area contributed by atoms with E-state index in [2.05, 4.69) is 30.3 Å². The van der Waals surface area contributed by atoms with Crippen molar-refractivity contribution in [3.05, 3.63) is 18.2 Å². The maximum absolute atomic E-state index is 5.36. The van der Waals surface area contributed by atoms with E-state index in [1.165, 1.54) is 5.69 Å². The Hall–Kier alpha value is -1.38. The summed E-state index contributed by atoms with van der Waals surface area (Å²) in [5.41, 5.74) is 2.34. The highest BCUT2D eigenvalue weighted by Gasteiger charge is 2.19. The van der Waals surface area contributed by atoms with Crippen molar-refractivity contribution in [3.63, 3.8) is 0 Å². The van der Waals surface area contributed by atoms with E-state index in [4.69, 9.17) is 4.74 Å². The lowest BCUT2D eigenvalue weighted by molar-refractivity contribution is 0.416. The van der Waals surface area contributed by atoms with Crippen molar-refractivity contribution in [1.82, 2.24) is 0 Å². The average Bonchev–Trinajstić information content (AvgIpc) is 2.40. The maximum Gasteiger partial charge on any atom is 0.144 e. The Morgan fingerprint density at radius 1 is 1.47 bits per heavy atom. The highest BCUT2D eigenvalue weighted by Crippen LogP contribution is 2.37. The molecule has 0 amide bonds. The molecule has 1 aliphatic heterocycles. The topological polar surface area (TPSA) is 24.5 Å². The summed E-state index contributed by atoms with van der Waals surface area (Å²) in [6, 6.07) is 6.72. The minimum Gasteiger partial charge on any atom is -0.495 e. The van der Waals surface area contributed by atoms with Crippen LogP contribution in [0.25, 0.3) is 0 Å². The first kappa shape index (κ1) is 10.1. The second kappa shape index (κ2) is 4.01. The molecule has 0 aliphatic carbocycles. The van der Waals surface area contributed by atoms with Gasteiger partial charge < -0.3 is 15.0 Å². The highest BCUT2D eigenvalue weighted by molar-refractivity contribution is 5.77. The number of methoxy groups -OCH3 is 1. The molecule has 0 fully saturated rings. The van der Waals surface area contributed by atoms with E-state index in [0.29, 0.717) is 6.04 Å². The molecular weight excluding hydrogens is 188 g/mol. The summed E-state index contributed by atoms with van der Waals surface area (Å²) >= 11 is 0. The Morgan fingerprint density at radius 2 is 2.27 bits per heavy atom. The fourth-order valence-corrected chi connectivity index (χ4v) is 2.00. The van der Waals surface area contributed by atoms with E-state index in [1.54, 1.807) is 7.11 Å². The lowest BCUT2D eigenvalue weighted by Crippen LogP contribution is -2.28. The number of para-hydroxylation sites is 1. The lowest BCUT2D eigenvalue weighted by Gasteiger charge is -2.25. The molecule has 1 aromatic carbocycles. The molecule has 3 heteroatoms. The number of hydrogen-bond donors (Lipinski definition) is 1. The summed E-state index contributed by atoms with van der Waals surface area (Å²) in [6.07, 6.45) is 1.15. The number of rotatable bonds is 1. The van der Waals surface area contributed by atoms with Crippen LogP contribution < -0.4 is 15.0 Å². The van der Waals surface area contributed by atoms with Crippen molar-refractivity contribution in [2.24, 2.45) is 0 Å². The largest absolute Gasteiger partial charge is 0.495 e. The fourth-order valence-electron chi connectivity index (χ4n) is 2.00. The Morgan fingerprint density at radius 3 is 3.00 bits per heavy atom. The number of hydrogen-bond acceptors (Lipinski definition) is 3. The molecule has 1 N–H and O–H groups in total. The Labute approximate surface area is 91.0 Å². The Bertz CT molecular complexity index is 351. The monoisotopic (exact) mass is 206 g/mol. The van der Waals surface area contributed by atoms with Gasteiger partial charge >= 0.3 is 0 Å². The van der Waals surface area contributed by atoms with Crippen LogP contribution in [0.15, 0.2) is 18.2 Å². The number of benzene rings is 1. The van der Waals surface area contributed by atoms with Crippen LogP contribution in [-0.4, -0.2) is 26.7 Å². The molecule has 0 spiro atoms. The quantitative estimate of drug-likeness (QED) is 0.763. The van der Waals surface area contributed by atoms with Crippen molar-refractivity contribution in [2.75, 3.05) is 30.9 Å². The number of ether oxygens (including phenoxy) is 1. The normalized spacial score (nSPS) is 20.2. The second-order valence-corrected chi connectivity index (χ2v) is 4.03. The molecule has 0 saturated heterocycles. The van der Waals surface area contributed by atoms with Crippen LogP contribution in [0, 0.1) is 0 Å². The van der Waals surface area contributed by atoms with Crippen LogP contribution in [0.5, 0.6) is 5.75 Å².